The number of amides is 1. The lowest BCUT2D eigenvalue weighted by atomic mass is 9.81. The van der Waals surface area contributed by atoms with Crippen molar-refractivity contribution in [3.8, 4) is 0 Å². The van der Waals surface area contributed by atoms with Gasteiger partial charge >= 0.3 is 0 Å². The Morgan fingerprint density at radius 3 is 2.00 bits per heavy atom. The van der Waals surface area contributed by atoms with Gasteiger partial charge in [0.2, 0.25) is 0 Å². The number of nitrogens with zero attached hydrogens (tertiary/aromatic N) is 2. The van der Waals surface area contributed by atoms with E-state index in [1.807, 2.05) is 37.3 Å². The Hall–Kier alpha value is -3.74. The number of hydrogen-bond acceptors (Lipinski definition) is 3. The molecule has 0 aliphatic carbocycles. The van der Waals surface area contributed by atoms with E-state index in [1.54, 1.807) is 0 Å². The molecule has 1 unspecified atom stereocenters. The lowest BCUT2D eigenvalue weighted by Crippen LogP contribution is -2.48. The van der Waals surface area contributed by atoms with Crippen LogP contribution in [0.15, 0.2) is 66.7 Å². The van der Waals surface area contributed by atoms with Crippen LogP contribution in [0.1, 0.15) is 36.5 Å². The zero-order valence-corrected chi connectivity index (χ0v) is 21.4. The molecule has 1 fully saturated rings. The molecule has 1 aliphatic heterocycles. The third-order valence-corrected chi connectivity index (χ3v) is 7.39. The van der Waals surface area contributed by atoms with Crippen molar-refractivity contribution in [1.29, 1.82) is 0 Å². The largest absolute Gasteiger partial charge is 0.372 e. The SMILES string of the molecule is [C-]#[N+]C1(c2ccccc2)CCN(CC(C)CNC(=O)C(O)(c2ccc(F)c(F)c2)c2ccc(F)c(F)c2)CC1. The van der Waals surface area contributed by atoms with Crippen LogP contribution < -0.4 is 5.32 Å². The summed E-state index contributed by atoms with van der Waals surface area (Å²) in [5, 5.41) is 14.1. The highest BCUT2D eigenvalue weighted by Crippen LogP contribution is 2.37. The molecule has 1 atom stereocenters. The molecule has 5 nitrogen and oxygen atoms in total. The van der Waals surface area contributed by atoms with Crippen molar-refractivity contribution in [2.75, 3.05) is 26.2 Å². The van der Waals surface area contributed by atoms with E-state index in [9.17, 15) is 27.5 Å². The Bertz CT molecular complexity index is 1320. The van der Waals surface area contributed by atoms with Gasteiger partial charge in [-0.1, -0.05) is 49.4 Å². The number of halogens is 4. The maximum atomic E-state index is 14.0. The average molecular weight is 540 g/mol. The summed E-state index contributed by atoms with van der Waals surface area (Å²) in [5.41, 5.74) is -2.80. The number of aliphatic hydroxyl groups is 1. The number of piperidine rings is 1. The lowest BCUT2D eigenvalue weighted by molar-refractivity contribution is -0.136. The third kappa shape index (κ3) is 5.82. The molecule has 0 bridgehead atoms. The minimum Gasteiger partial charge on any atom is -0.372 e. The fourth-order valence-electron chi connectivity index (χ4n) is 5.09. The number of carbonyl (C=O) groups is 1. The number of nitrogens with one attached hydrogen (secondary N) is 1. The van der Waals surface area contributed by atoms with Crippen LogP contribution in [-0.2, 0) is 15.9 Å². The summed E-state index contributed by atoms with van der Waals surface area (Å²) < 4.78 is 55.2. The molecule has 0 saturated carbocycles. The second kappa shape index (κ2) is 11.6. The van der Waals surface area contributed by atoms with Crippen LogP contribution in [0.2, 0.25) is 0 Å². The first-order chi connectivity index (χ1) is 18.6. The predicted molar refractivity (Wildman–Crippen MR) is 138 cm³/mol. The third-order valence-electron chi connectivity index (χ3n) is 7.39. The summed E-state index contributed by atoms with van der Waals surface area (Å²) in [6, 6.07) is 14.6. The Labute approximate surface area is 224 Å². The summed E-state index contributed by atoms with van der Waals surface area (Å²) in [4.78, 5) is 19.5. The van der Waals surface area contributed by atoms with Crippen LogP contribution in [0, 0.1) is 35.8 Å². The van der Waals surface area contributed by atoms with Gasteiger partial charge in [0, 0.05) is 55.7 Å². The molecule has 1 saturated heterocycles. The van der Waals surface area contributed by atoms with E-state index in [2.05, 4.69) is 15.1 Å². The molecule has 4 rings (SSSR count). The average Bonchev–Trinajstić information content (AvgIpc) is 2.95. The molecule has 1 aliphatic rings. The Morgan fingerprint density at radius 1 is 0.974 bits per heavy atom. The van der Waals surface area contributed by atoms with Crippen LogP contribution in [0.4, 0.5) is 17.6 Å². The van der Waals surface area contributed by atoms with Crippen LogP contribution in [0.3, 0.4) is 0 Å². The van der Waals surface area contributed by atoms with E-state index in [-0.39, 0.29) is 23.6 Å². The lowest BCUT2D eigenvalue weighted by Gasteiger charge is -2.35. The minimum absolute atomic E-state index is 0.0785. The Kier molecular flexibility index (Phi) is 8.38. The van der Waals surface area contributed by atoms with Crippen molar-refractivity contribution in [2.24, 2.45) is 5.92 Å². The number of carbonyl (C=O) groups excluding carboxylic acids is 1. The smallest absolute Gasteiger partial charge is 0.261 e. The van der Waals surface area contributed by atoms with Crippen molar-refractivity contribution in [3.05, 3.63) is 118 Å². The van der Waals surface area contributed by atoms with Crippen molar-refractivity contribution in [1.82, 2.24) is 10.2 Å². The Balaban J connectivity index is 1.44. The van der Waals surface area contributed by atoms with Gasteiger partial charge in [0.1, 0.15) is 0 Å². The molecule has 0 aromatic heterocycles. The molecule has 0 spiro atoms. The van der Waals surface area contributed by atoms with Crippen LogP contribution >= 0.6 is 0 Å². The summed E-state index contributed by atoms with van der Waals surface area (Å²) in [7, 11) is 0. The molecule has 2 N–H and O–H groups in total. The summed E-state index contributed by atoms with van der Waals surface area (Å²) >= 11 is 0. The number of benzene rings is 3. The molecular formula is C30H29F4N3O2. The van der Waals surface area contributed by atoms with Crippen LogP contribution in [0.5, 0.6) is 0 Å². The van der Waals surface area contributed by atoms with Gasteiger partial charge in [0.25, 0.3) is 11.4 Å². The highest BCUT2D eigenvalue weighted by atomic mass is 19.2. The van der Waals surface area contributed by atoms with Gasteiger partial charge in [0.15, 0.2) is 28.9 Å². The van der Waals surface area contributed by atoms with Crippen LogP contribution in [0.25, 0.3) is 4.85 Å². The Morgan fingerprint density at radius 2 is 1.51 bits per heavy atom. The fraction of sp³-hybridized carbons (Fsp3) is 0.333. The van der Waals surface area contributed by atoms with Gasteiger partial charge < -0.3 is 20.2 Å². The zero-order valence-electron chi connectivity index (χ0n) is 21.4. The maximum Gasteiger partial charge on any atom is 0.261 e. The van der Waals surface area contributed by atoms with Crippen molar-refractivity contribution < 1.29 is 27.5 Å². The molecule has 1 heterocycles. The minimum atomic E-state index is -2.60. The molecule has 3 aromatic carbocycles. The monoisotopic (exact) mass is 539 g/mol. The first-order valence-corrected chi connectivity index (χ1v) is 12.7. The topological polar surface area (TPSA) is 56.9 Å². The quantitative estimate of drug-likeness (QED) is 0.308. The molecule has 204 valence electrons. The van der Waals surface area contributed by atoms with Crippen molar-refractivity contribution >= 4 is 5.91 Å². The zero-order chi connectivity index (χ0) is 28.2. The first kappa shape index (κ1) is 28.3. The number of hydrogen-bond donors (Lipinski definition) is 2. The van der Waals surface area contributed by atoms with Gasteiger partial charge in [-0.05, 0) is 30.2 Å². The highest BCUT2D eigenvalue weighted by Gasteiger charge is 2.43. The number of likely N-dealkylation sites (tertiary alicyclic amines) is 1. The molecule has 9 heteroatoms. The van der Waals surface area contributed by atoms with Crippen molar-refractivity contribution in [2.45, 2.75) is 30.9 Å². The number of rotatable bonds is 8. The van der Waals surface area contributed by atoms with E-state index in [0.717, 1.165) is 29.8 Å². The van der Waals surface area contributed by atoms with Crippen molar-refractivity contribution in [3.63, 3.8) is 0 Å². The van der Waals surface area contributed by atoms with E-state index in [1.165, 1.54) is 0 Å². The highest BCUT2D eigenvalue weighted by molar-refractivity contribution is 5.90. The maximum absolute atomic E-state index is 14.0. The normalized spacial score (nSPS) is 16.3. The summed E-state index contributed by atoms with van der Waals surface area (Å²) in [6.45, 7) is 11.8. The summed E-state index contributed by atoms with van der Waals surface area (Å²) in [5.74, 6) is -6.03. The second-order valence-corrected chi connectivity index (χ2v) is 10.1. The second-order valence-electron chi connectivity index (χ2n) is 10.1. The van der Waals surface area contributed by atoms with Gasteiger partial charge in [-0.25, -0.2) is 24.1 Å². The van der Waals surface area contributed by atoms with Crippen LogP contribution in [-0.4, -0.2) is 42.1 Å². The van der Waals surface area contributed by atoms with Gasteiger partial charge in [-0.2, -0.15) is 0 Å². The van der Waals surface area contributed by atoms with E-state index in [0.29, 0.717) is 44.6 Å². The predicted octanol–water partition coefficient (Wildman–Crippen LogP) is 5.14. The van der Waals surface area contributed by atoms with Gasteiger partial charge in [-0.3, -0.25) is 4.79 Å². The molecule has 39 heavy (non-hydrogen) atoms. The van der Waals surface area contributed by atoms with E-state index in [4.69, 9.17) is 6.57 Å². The molecule has 1 amide bonds. The van der Waals surface area contributed by atoms with Gasteiger partial charge in [-0.15, -0.1) is 0 Å². The molecular weight excluding hydrogens is 510 g/mol. The first-order valence-electron chi connectivity index (χ1n) is 12.7. The van der Waals surface area contributed by atoms with E-state index >= 15 is 0 Å². The van der Waals surface area contributed by atoms with E-state index < -0.39 is 40.3 Å². The fourth-order valence-corrected chi connectivity index (χ4v) is 5.09. The molecule has 3 aromatic rings. The molecule has 0 radical (unpaired) electrons. The standard InChI is InChI=1S/C30H29F4N3O2/c1-20(19-37-14-12-29(35-2,13-15-37)21-6-4-3-5-7-21)18-36-28(38)30(39,22-8-10-24(31)26(33)16-22)23-9-11-25(32)27(34)17-23/h3-11,16-17,20,39H,12-15,18-19H2,1H3,(H,36,38). The van der Waals surface area contributed by atoms with Gasteiger partial charge in [0.05, 0.1) is 0 Å². The summed E-state index contributed by atoms with van der Waals surface area (Å²) in [6.07, 6.45) is 1.34.